The molecule has 0 unspecified atom stereocenters. The predicted octanol–water partition coefficient (Wildman–Crippen LogP) is 4.03. The molecule has 2 heterocycles. The van der Waals surface area contributed by atoms with Crippen LogP contribution in [0.3, 0.4) is 0 Å². The van der Waals surface area contributed by atoms with Gasteiger partial charge in [0.2, 0.25) is 5.91 Å². The van der Waals surface area contributed by atoms with Gasteiger partial charge < -0.3 is 34.3 Å². The van der Waals surface area contributed by atoms with Crippen molar-refractivity contribution in [2.75, 3.05) is 37.7 Å². The average molecular weight is 679 g/mol. The smallest absolute Gasteiger partial charge is 0.430 e. The minimum atomic E-state index is -5.19. The first kappa shape index (κ1) is 36.1. The molecule has 0 atom stereocenters. The summed E-state index contributed by atoms with van der Waals surface area (Å²) in [4.78, 5) is 35.9. The maximum atomic E-state index is 14.3. The number of carbonyl (C=O) groups excluding carboxylic acids is 2. The van der Waals surface area contributed by atoms with Gasteiger partial charge in [-0.3, -0.25) is 4.79 Å². The minimum absolute atomic E-state index is 0.0602. The molecule has 2 N–H and O–H groups in total. The quantitative estimate of drug-likeness (QED) is 0.328. The number of carbonyl (C=O) groups is 3. The summed E-state index contributed by atoms with van der Waals surface area (Å²) in [5, 5.41) is 17.9. The third kappa shape index (κ3) is 8.59. The van der Waals surface area contributed by atoms with Crippen LogP contribution in [-0.2, 0) is 16.1 Å². The lowest BCUT2D eigenvalue weighted by atomic mass is 9.77. The number of aliphatic carboxylic acids is 1. The van der Waals surface area contributed by atoms with Gasteiger partial charge in [-0.2, -0.15) is 13.2 Å². The molecule has 2 aliphatic rings. The number of rotatable bonds is 9. The number of alkyl halides is 3. The molecule has 3 aromatic rings. The minimum Gasteiger partial charge on any atom is -0.542 e. The fraction of sp³-hybridized carbons (Fsp3) is 0.382. The number of nitrogens with one attached hydrogen (secondary N) is 1. The zero-order valence-electron chi connectivity index (χ0n) is 26.3. The predicted molar refractivity (Wildman–Crippen MR) is 162 cm³/mol. The van der Waals surface area contributed by atoms with Crippen molar-refractivity contribution in [3.63, 3.8) is 0 Å². The lowest BCUT2D eigenvalue weighted by Gasteiger charge is -2.36. The first-order valence-corrected chi connectivity index (χ1v) is 15.3. The number of likely N-dealkylation sites (tertiary alicyclic amines) is 1. The van der Waals surface area contributed by atoms with E-state index in [-0.39, 0.29) is 17.1 Å². The van der Waals surface area contributed by atoms with E-state index in [0.717, 1.165) is 55.2 Å². The second kappa shape index (κ2) is 15.0. The third-order valence-corrected chi connectivity index (χ3v) is 8.38. The van der Waals surface area contributed by atoms with Crippen molar-refractivity contribution in [2.45, 2.75) is 45.8 Å². The van der Waals surface area contributed by atoms with Gasteiger partial charge in [0.15, 0.2) is 0 Å². The van der Waals surface area contributed by atoms with Gasteiger partial charge in [-0.05, 0) is 61.9 Å². The highest BCUT2D eigenvalue weighted by molar-refractivity contribution is 5.97. The number of ether oxygens (including phenoxy) is 2. The first-order valence-electron chi connectivity index (χ1n) is 15.3. The topological polar surface area (TPSA) is 121 Å². The van der Waals surface area contributed by atoms with Crippen LogP contribution in [0, 0.1) is 17.0 Å². The summed E-state index contributed by atoms with van der Waals surface area (Å²) in [5.74, 6) is -4.14. The molecule has 5 rings (SSSR count). The maximum Gasteiger partial charge on any atom is 0.430 e. The van der Waals surface area contributed by atoms with Gasteiger partial charge in [0.1, 0.15) is 35.6 Å². The van der Waals surface area contributed by atoms with Gasteiger partial charge >= 0.3 is 12.1 Å². The Morgan fingerprint density at radius 3 is 2.00 bits per heavy atom. The van der Waals surface area contributed by atoms with Crippen LogP contribution in [0.5, 0.6) is 11.5 Å². The third-order valence-electron chi connectivity index (χ3n) is 8.38. The molecular weight excluding hydrogens is 643 g/mol. The molecule has 2 aliphatic heterocycles. The average Bonchev–Trinajstić information content (AvgIpc) is 3.34. The molecule has 2 saturated heterocycles. The molecule has 0 radical (unpaired) electrons. The number of piperidine rings is 1. The molecule has 0 aliphatic carbocycles. The second-order valence-electron chi connectivity index (χ2n) is 11.7. The fourth-order valence-electron chi connectivity index (χ4n) is 6.10. The zero-order valence-corrected chi connectivity index (χ0v) is 26.3. The van der Waals surface area contributed by atoms with E-state index in [2.05, 4.69) is 0 Å². The monoisotopic (exact) mass is 678 g/mol. The number of benzene rings is 3. The summed E-state index contributed by atoms with van der Waals surface area (Å²) in [5.41, 5.74) is 2.52. The number of hydrogen-bond donors (Lipinski definition) is 2. The van der Waals surface area contributed by atoms with E-state index in [1.807, 2.05) is 26.0 Å². The van der Waals surface area contributed by atoms with Gasteiger partial charge in [0, 0.05) is 42.5 Å². The Kier molecular flexibility index (Phi) is 11.3. The number of aromatic carboxylic acids is 1. The Balaban J connectivity index is 0.000000671. The molecule has 2 fully saturated rings. The van der Waals surface area contributed by atoms with Crippen molar-refractivity contribution >= 4 is 23.5 Å². The number of anilines is 1. The Morgan fingerprint density at radius 2 is 1.52 bits per heavy atom. The number of carboxylic acids is 2. The van der Waals surface area contributed by atoms with Gasteiger partial charge in [-0.25, -0.2) is 13.6 Å². The molecule has 9 nitrogen and oxygen atoms in total. The van der Waals surface area contributed by atoms with Crippen LogP contribution in [0.2, 0.25) is 0 Å². The van der Waals surface area contributed by atoms with E-state index in [1.165, 1.54) is 29.2 Å². The van der Waals surface area contributed by atoms with Crippen LogP contribution in [0.1, 0.15) is 49.0 Å². The Bertz CT molecular complexity index is 1610. The number of halogens is 5. The van der Waals surface area contributed by atoms with Crippen LogP contribution < -0.4 is 24.4 Å². The van der Waals surface area contributed by atoms with Crippen molar-refractivity contribution < 1.29 is 60.9 Å². The second-order valence-corrected chi connectivity index (χ2v) is 11.7. The van der Waals surface area contributed by atoms with E-state index >= 15 is 0 Å². The van der Waals surface area contributed by atoms with E-state index in [9.17, 15) is 31.5 Å². The van der Waals surface area contributed by atoms with E-state index in [4.69, 9.17) is 24.5 Å². The van der Waals surface area contributed by atoms with E-state index in [1.54, 1.807) is 17.0 Å². The van der Waals surface area contributed by atoms with Crippen molar-refractivity contribution in [3.05, 3.63) is 77.4 Å². The van der Waals surface area contributed by atoms with E-state index < -0.39 is 29.5 Å². The lowest BCUT2D eigenvalue weighted by Crippen LogP contribution is -3.12. The van der Waals surface area contributed by atoms with Crippen molar-refractivity contribution in [2.24, 2.45) is 5.41 Å². The molecule has 3 aromatic carbocycles. The molecule has 0 bridgehead atoms. The first-order chi connectivity index (χ1) is 22.7. The van der Waals surface area contributed by atoms with Crippen LogP contribution in [0.15, 0.2) is 54.6 Å². The summed E-state index contributed by atoms with van der Waals surface area (Å²) >= 11 is 0. The van der Waals surface area contributed by atoms with Gasteiger partial charge in [-0.1, -0.05) is 12.1 Å². The number of hydrogen-bond acceptors (Lipinski definition) is 6. The SMILES string of the molecule is CCOc1cc(C[NH+]2CCC3(CC2)CC(=O)N(c2ccc(C(=O)O)c(F)c2)C3)cc(OCC)c1-c1ccc(F)cc1.O=C([O-])C(F)(F)F. The van der Waals surface area contributed by atoms with Crippen molar-refractivity contribution in [3.8, 4) is 22.6 Å². The molecule has 48 heavy (non-hydrogen) atoms. The summed E-state index contributed by atoms with van der Waals surface area (Å²) < 4.78 is 71.5. The standard InChI is InChI=1S/C32H34F2N2O5.C2HF3O2/c1-3-40-27-15-21(16-28(41-4-2)30(27)22-5-7-23(33)8-6-22)19-35-13-11-32(12-14-35)18-29(37)36(20-32)24-9-10-25(31(38)39)26(34)17-24;3-2(4,5)1(6)7/h5-10,15-17H,3-4,11-14,18-20H2,1-2H3,(H,38,39);(H,6,7). The summed E-state index contributed by atoms with van der Waals surface area (Å²) in [6.07, 6.45) is -3.09. The summed E-state index contributed by atoms with van der Waals surface area (Å²) in [7, 11) is 0. The highest BCUT2D eigenvalue weighted by Gasteiger charge is 2.46. The number of amides is 1. The molecule has 0 aromatic heterocycles. The fourth-order valence-corrected chi connectivity index (χ4v) is 6.10. The van der Waals surface area contributed by atoms with Crippen molar-refractivity contribution in [1.82, 2.24) is 0 Å². The summed E-state index contributed by atoms with van der Waals surface area (Å²) in [6, 6.07) is 14.3. The molecule has 0 saturated carbocycles. The number of quaternary nitrogens is 1. The highest BCUT2D eigenvalue weighted by Crippen LogP contribution is 2.42. The number of nitrogens with zero attached hydrogens (tertiary/aromatic N) is 1. The molecule has 14 heteroatoms. The maximum absolute atomic E-state index is 14.3. The van der Waals surface area contributed by atoms with Gasteiger partial charge in [-0.15, -0.1) is 0 Å². The van der Waals surface area contributed by atoms with Crippen LogP contribution >= 0.6 is 0 Å². The molecular formula is C34H35F5N2O7. The normalized spacial score (nSPS) is 19.1. The zero-order chi connectivity index (χ0) is 35.2. The van der Waals surface area contributed by atoms with E-state index in [0.29, 0.717) is 43.4 Å². The Hall–Kier alpha value is -4.72. The molecule has 1 amide bonds. The molecule has 1 spiro atoms. The summed E-state index contributed by atoms with van der Waals surface area (Å²) in [6.45, 7) is 7.84. The Labute approximate surface area is 273 Å². The lowest BCUT2D eigenvalue weighted by molar-refractivity contribution is -0.921. The largest absolute Gasteiger partial charge is 0.542 e. The van der Waals surface area contributed by atoms with Gasteiger partial charge in [0.05, 0.1) is 37.4 Å². The van der Waals surface area contributed by atoms with Crippen LogP contribution in [0.4, 0.5) is 27.6 Å². The van der Waals surface area contributed by atoms with Crippen molar-refractivity contribution in [1.29, 1.82) is 0 Å². The number of carboxylic acid groups (broad SMARTS) is 2. The van der Waals surface area contributed by atoms with Crippen LogP contribution in [-0.4, -0.2) is 62.0 Å². The molecule has 258 valence electrons. The van der Waals surface area contributed by atoms with Gasteiger partial charge in [0.25, 0.3) is 0 Å². The highest BCUT2D eigenvalue weighted by atomic mass is 19.4. The Morgan fingerprint density at radius 1 is 0.958 bits per heavy atom. The van der Waals surface area contributed by atoms with Crippen LogP contribution in [0.25, 0.3) is 11.1 Å².